The molecule has 2 aliphatic rings. The third-order valence-corrected chi connectivity index (χ3v) is 5.77. The zero-order valence-corrected chi connectivity index (χ0v) is 16.6. The molecule has 0 aromatic heterocycles. The van der Waals surface area contributed by atoms with Crippen LogP contribution in [0.5, 0.6) is 0 Å². The standard InChI is InChI=1S/C22H28N2O5/c25-19-13-12-18(21(28)23-19)24-14-17-15(9-7-10-16(17)22(24)29)8-5-3-1-2-4-6-11-20(26)27/h7,9-10,18H,1-6,8,11-14H2,(H,26,27)(H,23,25,28). The Morgan fingerprint density at radius 2 is 1.79 bits per heavy atom. The summed E-state index contributed by atoms with van der Waals surface area (Å²) in [5, 5.41) is 11.0. The molecule has 3 rings (SSSR count). The third-order valence-electron chi connectivity index (χ3n) is 5.77. The summed E-state index contributed by atoms with van der Waals surface area (Å²) in [5.41, 5.74) is 2.82. The Bertz CT molecular complexity index is 804. The van der Waals surface area contributed by atoms with Crippen molar-refractivity contribution in [2.24, 2.45) is 0 Å². The third kappa shape index (κ3) is 5.22. The van der Waals surface area contributed by atoms with Gasteiger partial charge in [0.1, 0.15) is 6.04 Å². The van der Waals surface area contributed by atoms with Gasteiger partial charge in [0, 0.05) is 24.9 Å². The first-order valence-electron chi connectivity index (χ1n) is 10.4. The van der Waals surface area contributed by atoms with Gasteiger partial charge in [-0.2, -0.15) is 0 Å². The van der Waals surface area contributed by atoms with Gasteiger partial charge in [-0.1, -0.05) is 37.8 Å². The van der Waals surface area contributed by atoms with Crippen LogP contribution >= 0.6 is 0 Å². The number of hydrogen-bond donors (Lipinski definition) is 2. The molecule has 1 saturated heterocycles. The van der Waals surface area contributed by atoms with Gasteiger partial charge in [-0.05, 0) is 42.9 Å². The number of carboxylic acid groups (broad SMARTS) is 1. The highest BCUT2D eigenvalue weighted by Gasteiger charge is 2.39. The van der Waals surface area contributed by atoms with E-state index >= 15 is 0 Å². The van der Waals surface area contributed by atoms with E-state index in [1.54, 1.807) is 4.90 Å². The molecule has 0 spiro atoms. The highest BCUT2D eigenvalue weighted by molar-refractivity contribution is 6.05. The lowest BCUT2D eigenvalue weighted by molar-refractivity contribution is -0.138. The molecule has 1 aromatic carbocycles. The Labute approximate surface area is 170 Å². The molecule has 2 heterocycles. The van der Waals surface area contributed by atoms with Crippen LogP contribution in [0, 0.1) is 0 Å². The largest absolute Gasteiger partial charge is 0.481 e. The maximum absolute atomic E-state index is 12.8. The van der Waals surface area contributed by atoms with Crippen LogP contribution in [0.3, 0.4) is 0 Å². The number of carbonyl (C=O) groups excluding carboxylic acids is 3. The van der Waals surface area contributed by atoms with Crippen molar-refractivity contribution < 1.29 is 24.3 Å². The normalized spacial score (nSPS) is 18.7. The van der Waals surface area contributed by atoms with Crippen molar-refractivity contribution in [2.75, 3.05) is 0 Å². The molecule has 0 radical (unpaired) electrons. The van der Waals surface area contributed by atoms with Crippen LogP contribution in [0.2, 0.25) is 0 Å². The van der Waals surface area contributed by atoms with Crippen molar-refractivity contribution in [1.82, 2.24) is 10.2 Å². The number of unbranched alkanes of at least 4 members (excludes halogenated alkanes) is 5. The number of benzene rings is 1. The molecule has 0 bridgehead atoms. The molecule has 1 atom stereocenters. The number of nitrogens with one attached hydrogen (secondary N) is 1. The molecule has 1 aromatic rings. The molecular formula is C22H28N2O5. The molecule has 156 valence electrons. The van der Waals surface area contributed by atoms with E-state index in [4.69, 9.17) is 5.11 Å². The maximum atomic E-state index is 12.8. The Balaban J connectivity index is 1.51. The average molecular weight is 400 g/mol. The Kier molecular flexibility index (Phi) is 7.01. The van der Waals surface area contributed by atoms with Crippen molar-refractivity contribution in [3.63, 3.8) is 0 Å². The van der Waals surface area contributed by atoms with Gasteiger partial charge < -0.3 is 10.0 Å². The van der Waals surface area contributed by atoms with Crippen LogP contribution < -0.4 is 5.32 Å². The lowest BCUT2D eigenvalue weighted by Crippen LogP contribution is -2.52. The topological polar surface area (TPSA) is 104 Å². The van der Waals surface area contributed by atoms with Crippen molar-refractivity contribution in [3.05, 3.63) is 34.9 Å². The molecule has 0 aliphatic carbocycles. The summed E-state index contributed by atoms with van der Waals surface area (Å²) in [6.45, 7) is 0.422. The molecule has 29 heavy (non-hydrogen) atoms. The van der Waals surface area contributed by atoms with Crippen LogP contribution in [0.15, 0.2) is 18.2 Å². The van der Waals surface area contributed by atoms with Gasteiger partial charge in [0.15, 0.2) is 0 Å². The fourth-order valence-electron chi connectivity index (χ4n) is 4.18. The number of aliphatic carboxylic acids is 1. The molecule has 0 saturated carbocycles. The molecule has 7 nitrogen and oxygen atoms in total. The Morgan fingerprint density at radius 1 is 1.07 bits per heavy atom. The zero-order valence-electron chi connectivity index (χ0n) is 16.6. The van der Waals surface area contributed by atoms with Crippen LogP contribution in [-0.2, 0) is 27.3 Å². The Morgan fingerprint density at radius 3 is 2.52 bits per heavy atom. The van der Waals surface area contributed by atoms with Crippen LogP contribution in [0.25, 0.3) is 0 Å². The number of nitrogens with zero attached hydrogens (tertiary/aromatic N) is 1. The summed E-state index contributed by atoms with van der Waals surface area (Å²) in [6.07, 6.45) is 7.66. The fraction of sp³-hybridized carbons (Fsp3) is 0.545. The molecular weight excluding hydrogens is 372 g/mol. The van der Waals surface area contributed by atoms with Gasteiger partial charge in [0.05, 0.1) is 0 Å². The summed E-state index contributed by atoms with van der Waals surface area (Å²) in [6, 6.07) is 5.18. The van der Waals surface area contributed by atoms with E-state index < -0.39 is 12.0 Å². The number of amides is 3. The van der Waals surface area contributed by atoms with E-state index in [9.17, 15) is 19.2 Å². The molecule has 3 amide bonds. The second-order valence-electron chi connectivity index (χ2n) is 7.86. The van der Waals surface area contributed by atoms with E-state index in [-0.39, 0.29) is 30.6 Å². The van der Waals surface area contributed by atoms with E-state index in [1.165, 1.54) is 0 Å². The predicted octanol–water partition coefficient (Wildman–Crippen LogP) is 2.81. The molecule has 7 heteroatoms. The van der Waals surface area contributed by atoms with Crippen LogP contribution in [0.4, 0.5) is 0 Å². The number of fused-ring (bicyclic) bond motifs is 1. The van der Waals surface area contributed by atoms with E-state index in [0.717, 1.165) is 56.1 Å². The lowest BCUT2D eigenvalue weighted by atomic mass is 9.98. The van der Waals surface area contributed by atoms with Crippen molar-refractivity contribution in [3.8, 4) is 0 Å². The first-order chi connectivity index (χ1) is 14.0. The van der Waals surface area contributed by atoms with E-state index in [1.807, 2.05) is 18.2 Å². The number of carbonyl (C=O) groups is 4. The first kappa shape index (κ1) is 21.0. The number of piperidine rings is 1. The van der Waals surface area contributed by atoms with Gasteiger partial charge in [-0.25, -0.2) is 0 Å². The summed E-state index contributed by atoms with van der Waals surface area (Å²) in [4.78, 5) is 48.5. The smallest absolute Gasteiger partial charge is 0.303 e. The van der Waals surface area contributed by atoms with Crippen LogP contribution in [-0.4, -0.2) is 39.7 Å². The number of rotatable bonds is 10. The van der Waals surface area contributed by atoms with Gasteiger partial charge in [0.25, 0.3) is 5.91 Å². The highest BCUT2D eigenvalue weighted by atomic mass is 16.4. The average Bonchev–Trinajstić information content (AvgIpc) is 3.01. The summed E-state index contributed by atoms with van der Waals surface area (Å²) in [5.74, 6) is -1.52. The first-order valence-corrected chi connectivity index (χ1v) is 10.4. The number of aryl methyl sites for hydroxylation is 1. The molecule has 2 aliphatic heterocycles. The summed E-state index contributed by atoms with van der Waals surface area (Å²) >= 11 is 0. The quantitative estimate of drug-likeness (QED) is 0.464. The van der Waals surface area contributed by atoms with Crippen LogP contribution in [0.1, 0.15) is 79.3 Å². The minimum Gasteiger partial charge on any atom is -0.481 e. The van der Waals surface area contributed by atoms with Gasteiger partial charge in [-0.3, -0.25) is 24.5 Å². The van der Waals surface area contributed by atoms with E-state index in [0.29, 0.717) is 18.5 Å². The SMILES string of the molecule is O=C(O)CCCCCCCCc1cccc2c1CN(C1CCC(=O)NC1=O)C2=O. The zero-order chi connectivity index (χ0) is 20.8. The second-order valence-corrected chi connectivity index (χ2v) is 7.86. The monoisotopic (exact) mass is 400 g/mol. The maximum Gasteiger partial charge on any atom is 0.303 e. The number of hydrogen-bond acceptors (Lipinski definition) is 4. The minimum absolute atomic E-state index is 0.130. The van der Waals surface area contributed by atoms with Crippen molar-refractivity contribution in [2.45, 2.75) is 76.8 Å². The van der Waals surface area contributed by atoms with Crippen molar-refractivity contribution in [1.29, 1.82) is 0 Å². The van der Waals surface area contributed by atoms with Gasteiger partial charge >= 0.3 is 5.97 Å². The molecule has 1 unspecified atom stereocenters. The predicted molar refractivity (Wildman–Crippen MR) is 106 cm³/mol. The fourth-order valence-corrected chi connectivity index (χ4v) is 4.18. The van der Waals surface area contributed by atoms with Crippen molar-refractivity contribution >= 4 is 23.7 Å². The number of carboxylic acids is 1. The summed E-state index contributed by atoms with van der Waals surface area (Å²) in [7, 11) is 0. The molecule has 2 N–H and O–H groups in total. The minimum atomic E-state index is -0.733. The molecule has 1 fully saturated rings. The van der Waals surface area contributed by atoms with Gasteiger partial charge in [0.2, 0.25) is 11.8 Å². The Hall–Kier alpha value is -2.70. The van der Waals surface area contributed by atoms with E-state index in [2.05, 4.69) is 5.32 Å². The second kappa shape index (κ2) is 9.67. The lowest BCUT2D eigenvalue weighted by Gasteiger charge is -2.29. The van der Waals surface area contributed by atoms with Gasteiger partial charge in [-0.15, -0.1) is 0 Å². The number of imide groups is 1. The summed E-state index contributed by atoms with van der Waals surface area (Å²) < 4.78 is 0. The highest BCUT2D eigenvalue weighted by Crippen LogP contribution is 2.30.